The minimum Gasteiger partial charge on any atom is -0.336 e. The van der Waals surface area contributed by atoms with Crippen molar-refractivity contribution in [3.05, 3.63) is 64.2 Å². The summed E-state index contributed by atoms with van der Waals surface area (Å²) >= 11 is 6.35. The molecule has 0 spiro atoms. The van der Waals surface area contributed by atoms with Crippen molar-refractivity contribution in [1.29, 1.82) is 0 Å². The van der Waals surface area contributed by atoms with Crippen molar-refractivity contribution in [2.24, 2.45) is 0 Å². The van der Waals surface area contributed by atoms with E-state index in [1.54, 1.807) is 0 Å². The van der Waals surface area contributed by atoms with E-state index in [-0.39, 0.29) is 22.4 Å². The zero-order chi connectivity index (χ0) is 21.3. The van der Waals surface area contributed by atoms with Crippen LogP contribution in [0.2, 0.25) is 5.02 Å². The van der Waals surface area contributed by atoms with Gasteiger partial charge in [-0.05, 0) is 61.4 Å². The molecule has 5 nitrogen and oxygen atoms in total. The highest BCUT2D eigenvalue weighted by Crippen LogP contribution is 2.29. The smallest absolute Gasteiger partial charge is 0.255 e. The van der Waals surface area contributed by atoms with Crippen molar-refractivity contribution in [2.45, 2.75) is 56.5 Å². The predicted molar refractivity (Wildman–Crippen MR) is 118 cm³/mol. The molecular weight excluding hydrogens is 420 g/mol. The van der Waals surface area contributed by atoms with E-state index in [2.05, 4.69) is 6.92 Å². The van der Waals surface area contributed by atoms with Crippen LogP contribution in [0.5, 0.6) is 0 Å². The lowest BCUT2D eigenvalue weighted by molar-refractivity contribution is 0.0608. The molecule has 1 atom stereocenters. The Labute approximate surface area is 183 Å². The number of benzene rings is 2. The minimum absolute atomic E-state index is 0.125. The fourth-order valence-electron chi connectivity index (χ4n) is 4.50. The molecule has 2 heterocycles. The summed E-state index contributed by atoms with van der Waals surface area (Å²) in [6.45, 7) is 3.53. The minimum atomic E-state index is -3.72. The fraction of sp³-hybridized carbons (Fsp3) is 0.435. The first-order valence-electron chi connectivity index (χ1n) is 10.6. The number of nitrogens with zero attached hydrogens (tertiary/aromatic N) is 2. The van der Waals surface area contributed by atoms with Gasteiger partial charge in [0.1, 0.15) is 0 Å². The summed E-state index contributed by atoms with van der Waals surface area (Å²) in [7, 11) is -3.72. The number of rotatable bonds is 4. The molecule has 1 saturated heterocycles. The topological polar surface area (TPSA) is 57.7 Å². The monoisotopic (exact) mass is 446 g/mol. The molecule has 2 aliphatic rings. The number of hydrogen-bond donors (Lipinski definition) is 0. The van der Waals surface area contributed by atoms with Crippen molar-refractivity contribution in [3.63, 3.8) is 0 Å². The van der Waals surface area contributed by atoms with E-state index in [1.807, 2.05) is 29.2 Å². The predicted octanol–water partition coefficient (Wildman–Crippen LogP) is 4.49. The summed E-state index contributed by atoms with van der Waals surface area (Å²) in [6, 6.07) is 12.6. The molecule has 2 aliphatic heterocycles. The Kier molecular flexibility index (Phi) is 6.19. The highest BCUT2D eigenvalue weighted by molar-refractivity contribution is 7.89. The van der Waals surface area contributed by atoms with Crippen LogP contribution in [0.4, 0.5) is 0 Å². The quantitative estimate of drug-likeness (QED) is 0.695. The maximum absolute atomic E-state index is 13.3. The number of halogens is 1. The Balaban J connectivity index is 1.63. The van der Waals surface area contributed by atoms with Gasteiger partial charge in [0.05, 0.1) is 15.5 Å². The molecule has 1 unspecified atom stereocenters. The highest BCUT2D eigenvalue weighted by atomic mass is 35.5. The molecule has 1 fully saturated rings. The first kappa shape index (κ1) is 21.3. The third-order valence-electron chi connectivity index (χ3n) is 6.26. The van der Waals surface area contributed by atoms with Crippen molar-refractivity contribution >= 4 is 27.5 Å². The number of hydrogen-bond acceptors (Lipinski definition) is 3. The Morgan fingerprint density at radius 2 is 1.87 bits per heavy atom. The summed E-state index contributed by atoms with van der Waals surface area (Å²) in [5.41, 5.74) is 2.49. The summed E-state index contributed by atoms with van der Waals surface area (Å²) in [6.07, 6.45) is 4.62. The van der Waals surface area contributed by atoms with Crippen molar-refractivity contribution < 1.29 is 13.2 Å². The highest BCUT2D eigenvalue weighted by Gasteiger charge is 2.31. The summed E-state index contributed by atoms with van der Waals surface area (Å²) in [5.74, 6) is -0.174. The fourth-order valence-corrected chi connectivity index (χ4v) is 6.14. The zero-order valence-electron chi connectivity index (χ0n) is 17.2. The van der Waals surface area contributed by atoms with Crippen LogP contribution in [0.3, 0.4) is 0 Å². The molecule has 0 aromatic heterocycles. The Bertz CT molecular complexity index is 1050. The van der Waals surface area contributed by atoms with Crippen LogP contribution in [0.25, 0.3) is 0 Å². The van der Waals surface area contributed by atoms with Gasteiger partial charge in [-0.2, -0.15) is 4.31 Å². The molecule has 0 N–H and O–H groups in total. The van der Waals surface area contributed by atoms with E-state index >= 15 is 0 Å². The molecule has 1 amide bonds. The normalized spacial score (nSPS) is 20.1. The average molecular weight is 447 g/mol. The first-order valence-corrected chi connectivity index (χ1v) is 12.4. The number of amides is 1. The van der Waals surface area contributed by atoms with Crippen LogP contribution in [0.1, 0.15) is 54.1 Å². The van der Waals surface area contributed by atoms with Gasteiger partial charge in [-0.15, -0.1) is 0 Å². The van der Waals surface area contributed by atoms with Crippen molar-refractivity contribution in [2.75, 3.05) is 13.1 Å². The van der Waals surface area contributed by atoms with E-state index in [0.29, 0.717) is 31.1 Å². The molecule has 7 heteroatoms. The van der Waals surface area contributed by atoms with Crippen LogP contribution in [0.15, 0.2) is 47.4 Å². The molecule has 2 aromatic rings. The molecule has 4 rings (SSSR count). The zero-order valence-corrected chi connectivity index (χ0v) is 18.8. The van der Waals surface area contributed by atoms with Crippen molar-refractivity contribution in [1.82, 2.24) is 9.21 Å². The Morgan fingerprint density at radius 1 is 1.10 bits per heavy atom. The van der Waals surface area contributed by atoms with Gasteiger partial charge in [0.25, 0.3) is 5.91 Å². The SMILES string of the molecule is CCC1CCCCN1C(=O)c1cc(S(=O)(=O)N2CCc3ccccc3C2)ccc1Cl. The van der Waals surface area contributed by atoms with Gasteiger partial charge < -0.3 is 4.90 Å². The van der Waals surface area contributed by atoms with Crippen LogP contribution in [0, 0.1) is 0 Å². The van der Waals surface area contributed by atoms with E-state index in [4.69, 9.17) is 11.6 Å². The number of carbonyl (C=O) groups excluding carboxylic acids is 1. The van der Waals surface area contributed by atoms with E-state index < -0.39 is 10.0 Å². The molecule has 30 heavy (non-hydrogen) atoms. The maximum atomic E-state index is 13.3. The summed E-state index contributed by atoms with van der Waals surface area (Å²) in [5, 5.41) is 0.295. The second kappa shape index (κ2) is 8.69. The lowest BCUT2D eigenvalue weighted by Gasteiger charge is -2.35. The third-order valence-corrected chi connectivity index (χ3v) is 8.43. The van der Waals surface area contributed by atoms with Gasteiger partial charge in [-0.1, -0.05) is 42.8 Å². The largest absolute Gasteiger partial charge is 0.336 e. The van der Waals surface area contributed by atoms with Gasteiger partial charge in [0, 0.05) is 25.7 Å². The van der Waals surface area contributed by atoms with E-state index in [9.17, 15) is 13.2 Å². The number of likely N-dealkylation sites (tertiary alicyclic amines) is 1. The number of carbonyl (C=O) groups is 1. The molecule has 160 valence electrons. The van der Waals surface area contributed by atoms with Gasteiger partial charge in [-0.25, -0.2) is 8.42 Å². The Morgan fingerprint density at radius 3 is 2.63 bits per heavy atom. The summed E-state index contributed by atoms with van der Waals surface area (Å²) in [4.78, 5) is 15.2. The standard InChI is InChI=1S/C23H27ClN2O3S/c1-2-19-9-5-6-13-26(19)23(27)21-15-20(10-11-22(21)24)30(28,29)25-14-12-17-7-3-4-8-18(17)16-25/h3-4,7-8,10-11,15,19H,2,5-6,9,12-14,16H2,1H3. The summed E-state index contributed by atoms with van der Waals surface area (Å²) < 4.78 is 28.2. The molecule has 0 aliphatic carbocycles. The number of sulfonamides is 1. The lowest BCUT2D eigenvalue weighted by atomic mass is 9.99. The van der Waals surface area contributed by atoms with Crippen molar-refractivity contribution in [3.8, 4) is 0 Å². The van der Waals surface area contributed by atoms with Gasteiger partial charge in [0.2, 0.25) is 10.0 Å². The molecular formula is C23H27ClN2O3S. The van der Waals surface area contributed by atoms with Gasteiger partial charge >= 0.3 is 0 Å². The number of fused-ring (bicyclic) bond motifs is 1. The second-order valence-corrected chi connectivity index (χ2v) is 10.4. The van der Waals surface area contributed by atoms with Crippen LogP contribution < -0.4 is 0 Å². The lowest BCUT2D eigenvalue weighted by Crippen LogP contribution is -2.43. The van der Waals surface area contributed by atoms with Gasteiger partial charge in [0.15, 0.2) is 0 Å². The molecule has 0 saturated carbocycles. The molecule has 2 aromatic carbocycles. The third kappa shape index (κ3) is 4.01. The molecule has 0 radical (unpaired) electrons. The van der Waals surface area contributed by atoms with Gasteiger partial charge in [-0.3, -0.25) is 4.79 Å². The van der Waals surface area contributed by atoms with Crippen LogP contribution in [-0.4, -0.2) is 42.7 Å². The molecule has 0 bridgehead atoms. The first-order chi connectivity index (χ1) is 14.4. The Hall–Kier alpha value is -1.89. The van der Waals surface area contributed by atoms with E-state index in [1.165, 1.54) is 28.1 Å². The second-order valence-electron chi connectivity index (χ2n) is 8.06. The maximum Gasteiger partial charge on any atom is 0.255 e. The van der Waals surface area contributed by atoms with E-state index in [0.717, 1.165) is 31.2 Å². The van der Waals surface area contributed by atoms with Crippen LogP contribution >= 0.6 is 11.6 Å². The number of piperidine rings is 1. The van der Waals surface area contributed by atoms with Crippen LogP contribution in [-0.2, 0) is 23.0 Å². The average Bonchev–Trinajstić information content (AvgIpc) is 2.78.